The van der Waals surface area contributed by atoms with E-state index in [2.05, 4.69) is 43.4 Å². The van der Waals surface area contributed by atoms with Crippen LogP contribution in [0.25, 0.3) is 0 Å². The van der Waals surface area contributed by atoms with Crippen LogP contribution in [0.15, 0.2) is 24.3 Å². The lowest BCUT2D eigenvalue weighted by Gasteiger charge is -2.20. The predicted molar refractivity (Wildman–Crippen MR) is 60.6 cm³/mol. The van der Waals surface area contributed by atoms with Crippen molar-refractivity contribution < 1.29 is 0 Å². The zero-order valence-corrected chi connectivity index (χ0v) is 9.09. The van der Waals surface area contributed by atoms with E-state index in [-0.39, 0.29) is 0 Å². The van der Waals surface area contributed by atoms with Crippen molar-refractivity contribution in [2.75, 3.05) is 13.1 Å². The fourth-order valence-corrected chi connectivity index (χ4v) is 2.46. The Bertz CT molecular complexity index is 300. The zero-order chi connectivity index (χ0) is 9.97. The van der Waals surface area contributed by atoms with Gasteiger partial charge in [0.1, 0.15) is 0 Å². The Morgan fingerprint density at radius 1 is 1.36 bits per heavy atom. The average Bonchev–Trinajstić information content (AvgIpc) is 2.70. The summed E-state index contributed by atoms with van der Waals surface area (Å²) < 4.78 is 0. The lowest BCUT2D eigenvalue weighted by molar-refractivity contribution is 0.486. The van der Waals surface area contributed by atoms with Gasteiger partial charge in [-0.2, -0.15) is 0 Å². The minimum atomic E-state index is 0.700. The van der Waals surface area contributed by atoms with Gasteiger partial charge in [0.15, 0.2) is 0 Å². The SMILES string of the molecule is Cc1ccccc1C(C)C1CCNC1. The van der Waals surface area contributed by atoms with Crippen LogP contribution in [-0.2, 0) is 0 Å². The van der Waals surface area contributed by atoms with Crippen molar-refractivity contribution in [2.24, 2.45) is 5.92 Å². The molecule has 1 aliphatic rings. The fraction of sp³-hybridized carbons (Fsp3) is 0.538. The second-order valence-corrected chi connectivity index (χ2v) is 4.40. The highest BCUT2D eigenvalue weighted by molar-refractivity contribution is 5.29. The molecule has 0 radical (unpaired) electrons. The molecule has 1 fully saturated rings. The largest absolute Gasteiger partial charge is 0.316 e. The number of hydrogen-bond donors (Lipinski definition) is 1. The molecule has 1 aliphatic heterocycles. The maximum atomic E-state index is 3.44. The number of benzene rings is 1. The van der Waals surface area contributed by atoms with Crippen molar-refractivity contribution in [3.63, 3.8) is 0 Å². The molecule has 1 aromatic carbocycles. The topological polar surface area (TPSA) is 12.0 Å². The molecule has 1 nitrogen and oxygen atoms in total. The highest BCUT2D eigenvalue weighted by atomic mass is 14.9. The summed E-state index contributed by atoms with van der Waals surface area (Å²) in [6, 6.07) is 8.77. The Hall–Kier alpha value is -0.820. The maximum absolute atomic E-state index is 3.44. The molecule has 2 atom stereocenters. The Morgan fingerprint density at radius 3 is 2.79 bits per heavy atom. The summed E-state index contributed by atoms with van der Waals surface area (Å²) >= 11 is 0. The molecule has 1 heteroatoms. The summed E-state index contributed by atoms with van der Waals surface area (Å²) in [5.41, 5.74) is 2.97. The smallest absolute Gasteiger partial charge is 0.00143 e. The van der Waals surface area contributed by atoms with E-state index in [1.807, 2.05) is 0 Å². The number of aryl methyl sites for hydroxylation is 1. The fourth-order valence-electron chi connectivity index (χ4n) is 2.46. The summed E-state index contributed by atoms with van der Waals surface area (Å²) in [5.74, 6) is 1.53. The monoisotopic (exact) mass is 189 g/mol. The molecular weight excluding hydrogens is 170 g/mol. The van der Waals surface area contributed by atoms with Crippen LogP contribution in [0, 0.1) is 12.8 Å². The van der Waals surface area contributed by atoms with Crippen LogP contribution < -0.4 is 5.32 Å². The summed E-state index contributed by atoms with van der Waals surface area (Å²) in [5, 5.41) is 3.44. The molecule has 1 saturated heterocycles. The molecule has 1 N–H and O–H groups in total. The van der Waals surface area contributed by atoms with Crippen molar-refractivity contribution in [1.29, 1.82) is 0 Å². The first-order valence-electron chi connectivity index (χ1n) is 5.55. The summed E-state index contributed by atoms with van der Waals surface area (Å²) in [6.45, 7) is 6.96. The van der Waals surface area contributed by atoms with Crippen LogP contribution in [0.1, 0.15) is 30.4 Å². The Morgan fingerprint density at radius 2 is 2.14 bits per heavy atom. The van der Waals surface area contributed by atoms with Crippen molar-refractivity contribution in [3.8, 4) is 0 Å². The van der Waals surface area contributed by atoms with Gasteiger partial charge in [0.05, 0.1) is 0 Å². The van der Waals surface area contributed by atoms with Crippen LogP contribution in [0.5, 0.6) is 0 Å². The van der Waals surface area contributed by atoms with E-state index in [9.17, 15) is 0 Å². The van der Waals surface area contributed by atoms with Gasteiger partial charge in [0.2, 0.25) is 0 Å². The zero-order valence-electron chi connectivity index (χ0n) is 9.09. The van der Waals surface area contributed by atoms with Crippen molar-refractivity contribution in [2.45, 2.75) is 26.2 Å². The van der Waals surface area contributed by atoms with Gasteiger partial charge in [-0.25, -0.2) is 0 Å². The molecule has 2 rings (SSSR count). The van der Waals surface area contributed by atoms with Crippen LogP contribution in [0.2, 0.25) is 0 Å². The quantitative estimate of drug-likeness (QED) is 0.754. The van der Waals surface area contributed by atoms with E-state index in [1.54, 1.807) is 0 Å². The molecule has 0 spiro atoms. The summed E-state index contributed by atoms with van der Waals surface area (Å²) in [6.07, 6.45) is 1.33. The van der Waals surface area contributed by atoms with E-state index >= 15 is 0 Å². The molecule has 1 heterocycles. The lowest BCUT2D eigenvalue weighted by Crippen LogP contribution is -2.14. The second kappa shape index (κ2) is 4.14. The average molecular weight is 189 g/mol. The van der Waals surface area contributed by atoms with Crippen molar-refractivity contribution in [3.05, 3.63) is 35.4 Å². The third kappa shape index (κ3) is 1.83. The molecule has 0 saturated carbocycles. The van der Waals surface area contributed by atoms with E-state index in [1.165, 1.54) is 30.6 Å². The molecule has 76 valence electrons. The van der Waals surface area contributed by atoms with Gasteiger partial charge in [0.25, 0.3) is 0 Å². The van der Waals surface area contributed by atoms with Gasteiger partial charge in [-0.1, -0.05) is 31.2 Å². The van der Waals surface area contributed by atoms with Crippen LogP contribution >= 0.6 is 0 Å². The van der Waals surface area contributed by atoms with Gasteiger partial charge in [0, 0.05) is 0 Å². The molecular formula is C13H19N. The standard InChI is InChI=1S/C13H19N/c1-10-5-3-4-6-13(10)11(2)12-7-8-14-9-12/h3-6,11-12,14H,7-9H2,1-2H3. The van der Waals surface area contributed by atoms with Crippen molar-refractivity contribution in [1.82, 2.24) is 5.32 Å². The highest BCUT2D eigenvalue weighted by Gasteiger charge is 2.22. The van der Waals surface area contributed by atoms with E-state index in [0.717, 1.165) is 5.92 Å². The number of hydrogen-bond acceptors (Lipinski definition) is 1. The minimum absolute atomic E-state index is 0.700. The number of rotatable bonds is 2. The number of nitrogens with one attached hydrogen (secondary N) is 1. The molecule has 0 aromatic heterocycles. The normalized spacial score (nSPS) is 23.7. The Labute approximate surface area is 86.5 Å². The molecule has 1 aromatic rings. The lowest BCUT2D eigenvalue weighted by atomic mass is 9.85. The van der Waals surface area contributed by atoms with Gasteiger partial charge in [-0.15, -0.1) is 0 Å². The minimum Gasteiger partial charge on any atom is -0.316 e. The summed E-state index contributed by atoms with van der Waals surface area (Å²) in [4.78, 5) is 0. The third-order valence-corrected chi connectivity index (χ3v) is 3.48. The van der Waals surface area contributed by atoms with E-state index in [0.29, 0.717) is 5.92 Å². The van der Waals surface area contributed by atoms with Gasteiger partial charge in [-0.05, 0) is 49.4 Å². The molecule has 0 aliphatic carbocycles. The van der Waals surface area contributed by atoms with E-state index in [4.69, 9.17) is 0 Å². The molecule has 0 bridgehead atoms. The van der Waals surface area contributed by atoms with Gasteiger partial charge < -0.3 is 5.32 Å². The predicted octanol–water partition coefficient (Wildman–Crippen LogP) is 2.71. The Kier molecular flexibility index (Phi) is 2.87. The Balaban J connectivity index is 2.17. The van der Waals surface area contributed by atoms with Crippen LogP contribution in [-0.4, -0.2) is 13.1 Å². The molecule has 14 heavy (non-hydrogen) atoms. The van der Waals surface area contributed by atoms with Gasteiger partial charge >= 0.3 is 0 Å². The third-order valence-electron chi connectivity index (χ3n) is 3.48. The highest BCUT2D eigenvalue weighted by Crippen LogP contribution is 2.30. The molecule has 2 unspecified atom stereocenters. The maximum Gasteiger partial charge on any atom is -0.00143 e. The second-order valence-electron chi connectivity index (χ2n) is 4.40. The van der Waals surface area contributed by atoms with Crippen molar-refractivity contribution >= 4 is 0 Å². The van der Waals surface area contributed by atoms with Gasteiger partial charge in [-0.3, -0.25) is 0 Å². The van der Waals surface area contributed by atoms with E-state index < -0.39 is 0 Å². The first kappa shape index (κ1) is 9.72. The first-order chi connectivity index (χ1) is 6.79. The summed E-state index contributed by atoms with van der Waals surface area (Å²) in [7, 11) is 0. The van der Waals surface area contributed by atoms with Crippen LogP contribution in [0.4, 0.5) is 0 Å². The first-order valence-corrected chi connectivity index (χ1v) is 5.55. The van der Waals surface area contributed by atoms with Crippen LogP contribution in [0.3, 0.4) is 0 Å². The molecule has 0 amide bonds.